The molecule has 0 saturated heterocycles. The summed E-state index contributed by atoms with van der Waals surface area (Å²) in [5.41, 5.74) is 8.62. The van der Waals surface area contributed by atoms with Crippen LogP contribution in [0.4, 0.5) is 0 Å². The Labute approximate surface area is 211 Å². The van der Waals surface area contributed by atoms with Crippen molar-refractivity contribution in [3.8, 4) is 44.9 Å². The molecule has 2 aromatic heterocycles. The van der Waals surface area contributed by atoms with Gasteiger partial charge in [0.1, 0.15) is 0 Å². The molecule has 1 aliphatic rings. The van der Waals surface area contributed by atoms with Gasteiger partial charge in [-0.15, -0.1) is 0 Å². The molecular weight excluding hydrogens is 438 g/mol. The molecule has 5 aromatic rings. The number of hydrogen-bond acceptors (Lipinski definition) is 3. The summed E-state index contributed by atoms with van der Waals surface area (Å²) in [6, 6.07) is 31.5. The Balaban J connectivity index is 1.45. The third kappa shape index (κ3) is 4.51. The Bertz CT molecular complexity index is 1540. The van der Waals surface area contributed by atoms with Gasteiger partial charge >= 0.3 is 0 Å². The van der Waals surface area contributed by atoms with E-state index in [-0.39, 0.29) is 0 Å². The molecule has 3 aromatic carbocycles. The van der Waals surface area contributed by atoms with Crippen molar-refractivity contribution < 1.29 is 0 Å². The van der Waals surface area contributed by atoms with E-state index in [1.165, 1.54) is 5.56 Å². The quantitative estimate of drug-likeness (QED) is 0.264. The van der Waals surface area contributed by atoms with E-state index in [1.807, 2.05) is 48.8 Å². The van der Waals surface area contributed by atoms with Gasteiger partial charge < -0.3 is 0 Å². The highest BCUT2D eigenvalue weighted by Crippen LogP contribution is 2.35. The number of benzene rings is 3. The topological polar surface area (TPSA) is 38.7 Å². The number of hydrogen-bond donors (Lipinski definition) is 0. The Hall–Kier alpha value is -4.63. The minimum Gasteiger partial charge on any atom is -0.264 e. The van der Waals surface area contributed by atoms with Gasteiger partial charge in [-0.1, -0.05) is 103 Å². The number of pyridine rings is 1. The molecule has 0 fully saturated rings. The fourth-order valence-corrected chi connectivity index (χ4v) is 4.66. The molecule has 3 nitrogen and oxygen atoms in total. The zero-order valence-corrected chi connectivity index (χ0v) is 19.8. The van der Waals surface area contributed by atoms with Crippen LogP contribution in [-0.4, -0.2) is 15.0 Å². The molecule has 1 aliphatic carbocycles. The smallest absolute Gasteiger partial charge is 0.159 e. The molecule has 0 bridgehead atoms. The molecular formula is C33H25N3. The van der Waals surface area contributed by atoms with Crippen molar-refractivity contribution >= 4 is 0 Å². The van der Waals surface area contributed by atoms with Crippen LogP contribution in [-0.2, 0) is 0 Å². The van der Waals surface area contributed by atoms with Gasteiger partial charge in [-0.05, 0) is 35.2 Å². The lowest BCUT2D eigenvalue weighted by Gasteiger charge is -2.15. The molecule has 36 heavy (non-hydrogen) atoms. The first-order chi connectivity index (χ1) is 17.8. The van der Waals surface area contributed by atoms with E-state index in [9.17, 15) is 0 Å². The van der Waals surface area contributed by atoms with E-state index in [2.05, 4.69) is 83.9 Å². The van der Waals surface area contributed by atoms with E-state index < -0.39 is 0 Å². The van der Waals surface area contributed by atoms with E-state index >= 15 is 0 Å². The van der Waals surface area contributed by atoms with Crippen LogP contribution in [0.1, 0.15) is 17.9 Å². The van der Waals surface area contributed by atoms with Crippen LogP contribution in [0.25, 0.3) is 44.9 Å². The van der Waals surface area contributed by atoms with Crippen molar-refractivity contribution in [3.63, 3.8) is 0 Å². The van der Waals surface area contributed by atoms with Crippen LogP contribution in [0.3, 0.4) is 0 Å². The second kappa shape index (κ2) is 9.93. The summed E-state index contributed by atoms with van der Waals surface area (Å²) in [4.78, 5) is 14.1. The summed E-state index contributed by atoms with van der Waals surface area (Å²) in [6.07, 6.45) is 15.4. The third-order valence-corrected chi connectivity index (χ3v) is 6.58. The lowest BCUT2D eigenvalue weighted by Crippen LogP contribution is -1.98. The molecule has 1 unspecified atom stereocenters. The van der Waals surface area contributed by atoms with Crippen molar-refractivity contribution in [2.45, 2.75) is 12.3 Å². The van der Waals surface area contributed by atoms with Gasteiger partial charge in [-0.2, -0.15) is 0 Å². The number of allylic oxidation sites excluding steroid dienone is 4. The molecule has 1 atom stereocenters. The van der Waals surface area contributed by atoms with Crippen molar-refractivity contribution in [2.24, 2.45) is 0 Å². The lowest BCUT2D eigenvalue weighted by atomic mass is 9.91. The SMILES string of the molecule is C1=CCC(c2ccc(-c3nc(-c4ccccc4)ncc3-c3cccc(-c4cccnc4)c3)cc2)C=C1. The molecule has 0 saturated carbocycles. The van der Waals surface area contributed by atoms with Gasteiger partial charge in [0.05, 0.1) is 5.69 Å². The first-order valence-corrected chi connectivity index (χ1v) is 12.2. The Kier molecular flexibility index (Phi) is 6.03. The molecule has 172 valence electrons. The van der Waals surface area contributed by atoms with Gasteiger partial charge in [0.2, 0.25) is 0 Å². The van der Waals surface area contributed by atoms with Crippen LogP contribution in [0.15, 0.2) is 134 Å². The Morgan fingerprint density at radius 1 is 0.639 bits per heavy atom. The van der Waals surface area contributed by atoms with Crippen molar-refractivity contribution in [1.29, 1.82) is 0 Å². The predicted octanol–water partition coefficient (Wildman–Crippen LogP) is 8.14. The largest absolute Gasteiger partial charge is 0.264 e. The molecule has 3 heteroatoms. The second-order valence-corrected chi connectivity index (χ2v) is 8.92. The fourth-order valence-electron chi connectivity index (χ4n) is 4.66. The molecule has 6 rings (SSSR count). The minimum absolute atomic E-state index is 0.421. The van der Waals surface area contributed by atoms with Crippen LogP contribution < -0.4 is 0 Å². The molecule has 0 spiro atoms. The first kappa shape index (κ1) is 21.9. The standard InChI is InChI=1S/C33H25N3/c1-3-9-24(10-4-1)25-16-18-26(19-17-25)32-31(23-35-33(36-32)27-11-5-2-6-12-27)29-14-7-13-28(21-29)30-15-8-20-34-22-30/h1-9,11-24H,10H2. The van der Waals surface area contributed by atoms with Crippen LogP contribution in [0.5, 0.6) is 0 Å². The third-order valence-electron chi connectivity index (χ3n) is 6.58. The summed E-state index contributed by atoms with van der Waals surface area (Å²) in [5.74, 6) is 1.15. The number of aromatic nitrogens is 3. The van der Waals surface area contributed by atoms with Gasteiger partial charge in [0, 0.05) is 46.8 Å². The molecule has 2 heterocycles. The maximum Gasteiger partial charge on any atom is 0.159 e. The van der Waals surface area contributed by atoms with Gasteiger partial charge in [-0.25, -0.2) is 9.97 Å². The fraction of sp³-hybridized carbons (Fsp3) is 0.0606. The highest BCUT2D eigenvalue weighted by Gasteiger charge is 2.15. The molecule has 0 amide bonds. The van der Waals surface area contributed by atoms with Crippen LogP contribution in [0, 0.1) is 0 Å². The normalized spacial score (nSPS) is 14.6. The monoisotopic (exact) mass is 463 g/mol. The van der Waals surface area contributed by atoms with Crippen molar-refractivity contribution in [3.05, 3.63) is 139 Å². The maximum atomic E-state index is 5.09. The second-order valence-electron chi connectivity index (χ2n) is 8.92. The van der Waals surface area contributed by atoms with E-state index in [1.54, 1.807) is 6.20 Å². The van der Waals surface area contributed by atoms with E-state index in [0.717, 1.165) is 51.3 Å². The van der Waals surface area contributed by atoms with E-state index in [4.69, 9.17) is 9.97 Å². The summed E-state index contributed by atoms with van der Waals surface area (Å²) in [5, 5.41) is 0. The average Bonchev–Trinajstić information content (AvgIpc) is 2.98. The molecule has 0 radical (unpaired) electrons. The summed E-state index contributed by atoms with van der Waals surface area (Å²) in [7, 11) is 0. The first-order valence-electron chi connectivity index (χ1n) is 12.2. The average molecular weight is 464 g/mol. The zero-order valence-electron chi connectivity index (χ0n) is 19.8. The zero-order chi connectivity index (χ0) is 24.2. The van der Waals surface area contributed by atoms with Crippen molar-refractivity contribution in [2.75, 3.05) is 0 Å². The van der Waals surface area contributed by atoms with Gasteiger partial charge in [-0.3, -0.25) is 4.98 Å². The predicted molar refractivity (Wildman–Crippen MR) is 147 cm³/mol. The molecule has 0 aliphatic heterocycles. The minimum atomic E-state index is 0.421. The Morgan fingerprint density at radius 3 is 2.22 bits per heavy atom. The van der Waals surface area contributed by atoms with Gasteiger partial charge in [0.25, 0.3) is 0 Å². The number of nitrogens with zero attached hydrogens (tertiary/aromatic N) is 3. The highest BCUT2D eigenvalue weighted by molar-refractivity contribution is 5.83. The van der Waals surface area contributed by atoms with Gasteiger partial charge in [0.15, 0.2) is 5.82 Å². The lowest BCUT2D eigenvalue weighted by molar-refractivity contribution is 0.854. The maximum absolute atomic E-state index is 5.09. The summed E-state index contributed by atoms with van der Waals surface area (Å²) >= 11 is 0. The molecule has 0 N–H and O–H groups in total. The number of rotatable bonds is 5. The Morgan fingerprint density at radius 2 is 1.44 bits per heavy atom. The van der Waals surface area contributed by atoms with Crippen LogP contribution in [0.2, 0.25) is 0 Å². The summed E-state index contributed by atoms with van der Waals surface area (Å²) < 4.78 is 0. The van der Waals surface area contributed by atoms with Crippen LogP contribution >= 0.6 is 0 Å². The summed E-state index contributed by atoms with van der Waals surface area (Å²) in [6.45, 7) is 0. The van der Waals surface area contributed by atoms with E-state index in [0.29, 0.717) is 5.92 Å². The highest BCUT2D eigenvalue weighted by atomic mass is 14.9. The van der Waals surface area contributed by atoms with Crippen molar-refractivity contribution in [1.82, 2.24) is 15.0 Å².